The Bertz CT molecular complexity index is 525. The van der Waals surface area contributed by atoms with Crippen molar-refractivity contribution in [3.05, 3.63) is 14.9 Å². The van der Waals surface area contributed by atoms with Gasteiger partial charge in [-0.2, -0.15) is 4.31 Å². The number of hydrogen-bond donors (Lipinski definition) is 1. The van der Waals surface area contributed by atoms with Crippen LogP contribution in [0.3, 0.4) is 0 Å². The second kappa shape index (κ2) is 6.41. The summed E-state index contributed by atoms with van der Waals surface area (Å²) in [5, 5.41) is 3.52. The summed E-state index contributed by atoms with van der Waals surface area (Å²) < 4.78 is 27.9. The third-order valence-corrected chi connectivity index (χ3v) is 8.07. The van der Waals surface area contributed by atoms with Crippen molar-refractivity contribution >= 4 is 48.9 Å². The molecule has 19 heavy (non-hydrogen) atoms. The van der Waals surface area contributed by atoms with Crippen molar-refractivity contribution in [1.29, 1.82) is 0 Å². The van der Waals surface area contributed by atoms with Gasteiger partial charge >= 0.3 is 0 Å². The van der Waals surface area contributed by atoms with Crippen LogP contribution in [-0.2, 0) is 10.0 Å². The van der Waals surface area contributed by atoms with Gasteiger partial charge in [-0.1, -0.05) is 18.0 Å². The summed E-state index contributed by atoms with van der Waals surface area (Å²) in [7, 11) is -1.59. The van der Waals surface area contributed by atoms with Crippen molar-refractivity contribution in [2.24, 2.45) is 0 Å². The third-order valence-electron chi connectivity index (χ3n) is 3.20. The van der Waals surface area contributed by atoms with Gasteiger partial charge in [0.1, 0.15) is 4.21 Å². The van der Waals surface area contributed by atoms with E-state index in [-0.39, 0.29) is 6.04 Å². The number of thiophene rings is 1. The van der Waals surface area contributed by atoms with Crippen LogP contribution in [0.1, 0.15) is 19.3 Å². The average molecular weight is 388 g/mol. The lowest BCUT2D eigenvalue weighted by atomic mass is 10.1. The number of rotatable bonds is 4. The zero-order valence-electron chi connectivity index (χ0n) is 10.5. The quantitative estimate of drug-likeness (QED) is 0.864. The lowest BCUT2D eigenvalue weighted by Gasteiger charge is -2.34. The fraction of sp³-hybridized carbons (Fsp3) is 0.636. The second-order valence-corrected chi connectivity index (χ2v) is 9.40. The molecule has 0 amide bonds. The zero-order valence-corrected chi connectivity index (χ0v) is 14.5. The monoisotopic (exact) mass is 386 g/mol. The molecular weight excluding hydrogens is 372 g/mol. The Balaban J connectivity index is 2.31. The van der Waals surface area contributed by atoms with Crippen LogP contribution in [0, 0.1) is 0 Å². The van der Waals surface area contributed by atoms with Crippen LogP contribution < -0.4 is 5.32 Å². The molecule has 1 aliphatic rings. The van der Waals surface area contributed by atoms with Gasteiger partial charge < -0.3 is 5.32 Å². The average Bonchev–Trinajstić information content (AvgIpc) is 2.71. The molecule has 0 aromatic carbocycles. The number of likely N-dealkylation sites (N-methyl/N-ethyl adjacent to an activating group) is 1. The van der Waals surface area contributed by atoms with Crippen molar-refractivity contribution in [1.82, 2.24) is 9.62 Å². The number of piperidine rings is 1. The van der Waals surface area contributed by atoms with Crippen molar-refractivity contribution in [2.45, 2.75) is 29.5 Å². The normalized spacial score (nSPS) is 21.7. The van der Waals surface area contributed by atoms with Crippen LogP contribution in [-0.4, -0.2) is 38.9 Å². The minimum atomic E-state index is -3.44. The highest BCUT2D eigenvalue weighted by molar-refractivity contribution is 9.11. The highest BCUT2D eigenvalue weighted by Crippen LogP contribution is 2.37. The fourth-order valence-corrected chi connectivity index (χ4v) is 6.52. The molecule has 0 bridgehead atoms. The number of nitrogens with zero attached hydrogens (tertiary/aromatic N) is 1. The fourth-order valence-electron chi connectivity index (χ4n) is 2.30. The molecule has 0 spiro atoms. The maximum absolute atomic E-state index is 12.7. The van der Waals surface area contributed by atoms with Crippen LogP contribution in [0.5, 0.6) is 0 Å². The largest absolute Gasteiger partial charge is 0.318 e. The molecule has 1 fully saturated rings. The van der Waals surface area contributed by atoms with Gasteiger partial charge in [0, 0.05) is 19.1 Å². The number of sulfonamides is 1. The van der Waals surface area contributed by atoms with Gasteiger partial charge in [-0.25, -0.2) is 8.42 Å². The molecule has 1 N–H and O–H groups in total. The van der Waals surface area contributed by atoms with Crippen LogP contribution in [0.4, 0.5) is 0 Å². The van der Waals surface area contributed by atoms with E-state index in [9.17, 15) is 8.42 Å². The summed E-state index contributed by atoms with van der Waals surface area (Å²) in [6.45, 7) is 1.27. The Morgan fingerprint density at radius 2 is 2.32 bits per heavy atom. The van der Waals surface area contributed by atoms with Gasteiger partial charge in [-0.15, -0.1) is 11.3 Å². The van der Waals surface area contributed by atoms with Crippen molar-refractivity contribution in [2.75, 3.05) is 20.1 Å². The second-order valence-electron chi connectivity index (χ2n) is 4.51. The van der Waals surface area contributed by atoms with Gasteiger partial charge in [0.05, 0.1) is 8.81 Å². The van der Waals surface area contributed by atoms with Gasteiger partial charge in [-0.05, 0) is 41.9 Å². The molecule has 1 saturated heterocycles. The Kier molecular flexibility index (Phi) is 5.30. The Morgan fingerprint density at radius 3 is 2.89 bits per heavy atom. The lowest BCUT2D eigenvalue weighted by molar-refractivity contribution is 0.249. The first kappa shape index (κ1) is 15.7. The molecule has 4 nitrogen and oxygen atoms in total. The standard InChI is InChI=1S/C11H16BrClN2O2S2/c1-14-7-8-4-2-3-5-15(8)19(16,17)10-6-9(13)11(12)18-10/h6,8,14H,2-5,7H2,1H3. The maximum Gasteiger partial charge on any atom is 0.252 e. The van der Waals surface area contributed by atoms with E-state index in [1.54, 1.807) is 4.31 Å². The molecule has 0 saturated carbocycles. The molecule has 0 radical (unpaired) electrons. The molecule has 1 unspecified atom stereocenters. The first-order valence-electron chi connectivity index (χ1n) is 6.08. The van der Waals surface area contributed by atoms with Crippen molar-refractivity contribution in [3.63, 3.8) is 0 Å². The molecule has 2 heterocycles. The zero-order chi connectivity index (χ0) is 14.0. The molecule has 2 rings (SSSR count). The molecule has 1 atom stereocenters. The predicted molar refractivity (Wildman–Crippen MR) is 82.5 cm³/mol. The van der Waals surface area contributed by atoms with Crippen LogP contribution in [0.15, 0.2) is 14.1 Å². The van der Waals surface area contributed by atoms with E-state index in [2.05, 4.69) is 21.2 Å². The molecule has 1 aromatic heterocycles. The summed E-state index contributed by atoms with van der Waals surface area (Å²) in [4.78, 5) is 0. The van der Waals surface area contributed by atoms with E-state index < -0.39 is 10.0 Å². The smallest absolute Gasteiger partial charge is 0.252 e. The van der Waals surface area contributed by atoms with E-state index in [1.165, 1.54) is 17.4 Å². The lowest BCUT2D eigenvalue weighted by Crippen LogP contribution is -2.47. The van der Waals surface area contributed by atoms with Gasteiger partial charge in [0.25, 0.3) is 10.0 Å². The summed E-state index contributed by atoms with van der Waals surface area (Å²) in [5.74, 6) is 0. The van der Waals surface area contributed by atoms with E-state index >= 15 is 0 Å². The Morgan fingerprint density at radius 1 is 1.58 bits per heavy atom. The summed E-state index contributed by atoms with van der Waals surface area (Å²) >= 11 is 10.4. The molecular formula is C11H16BrClN2O2S2. The first-order chi connectivity index (χ1) is 8.96. The SMILES string of the molecule is CNCC1CCCCN1S(=O)(=O)c1cc(Cl)c(Br)s1. The predicted octanol–water partition coefficient (Wildman–Crippen LogP) is 2.93. The number of hydrogen-bond acceptors (Lipinski definition) is 4. The minimum Gasteiger partial charge on any atom is -0.318 e. The molecule has 8 heteroatoms. The summed E-state index contributed by atoms with van der Waals surface area (Å²) in [5.41, 5.74) is 0. The van der Waals surface area contributed by atoms with Gasteiger partial charge in [0.15, 0.2) is 0 Å². The summed E-state index contributed by atoms with van der Waals surface area (Å²) in [6, 6.07) is 1.56. The Hall–Kier alpha value is 0.340. The van der Waals surface area contributed by atoms with E-state index in [4.69, 9.17) is 11.6 Å². The highest BCUT2D eigenvalue weighted by atomic mass is 79.9. The van der Waals surface area contributed by atoms with E-state index in [0.29, 0.717) is 26.1 Å². The maximum atomic E-state index is 12.7. The molecule has 0 aliphatic carbocycles. The van der Waals surface area contributed by atoms with Crippen molar-refractivity contribution in [3.8, 4) is 0 Å². The highest BCUT2D eigenvalue weighted by Gasteiger charge is 2.34. The van der Waals surface area contributed by atoms with Crippen LogP contribution in [0.2, 0.25) is 5.02 Å². The van der Waals surface area contributed by atoms with Crippen LogP contribution in [0.25, 0.3) is 0 Å². The van der Waals surface area contributed by atoms with Crippen molar-refractivity contribution < 1.29 is 8.42 Å². The number of nitrogens with one attached hydrogen (secondary N) is 1. The third kappa shape index (κ3) is 3.33. The van der Waals surface area contributed by atoms with E-state index in [0.717, 1.165) is 19.3 Å². The molecule has 108 valence electrons. The minimum absolute atomic E-state index is 0.0309. The topological polar surface area (TPSA) is 49.4 Å². The Labute approximate surface area is 131 Å². The number of halogens is 2. The van der Waals surface area contributed by atoms with Crippen LogP contribution >= 0.6 is 38.9 Å². The molecule has 1 aliphatic heterocycles. The summed E-state index contributed by atoms with van der Waals surface area (Å²) in [6.07, 6.45) is 2.90. The van der Waals surface area contributed by atoms with Gasteiger partial charge in [0.2, 0.25) is 0 Å². The first-order valence-corrected chi connectivity index (χ1v) is 9.51. The molecule has 1 aromatic rings. The van der Waals surface area contributed by atoms with Gasteiger partial charge in [-0.3, -0.25) is 0 Å². The van der Waals surface area contributed by atoms with E-state index in [1.807, 2.05) is 7.05 Å².